The van der Waals surface area contributed by atoms with Gasteiger partial charge in [-0.15, -0.1) is 0 Å². The molecule has 0 bridgehead atoms. The normalized spacial score (nSPS) is 16.5. The van der Waals surface area contributed by atoms with E-state index in [-0.39, 0.29) is 0 Å². The van der Waals surface area contributed by atoms with E-state index in [0.29, 0.717) is 42.5 Å². The third-order valence-corrected chi connectivity index (χ3v) is 6.27. The first-order valence-electron chi connectivity index (χ1n) is 12.5. The lowest BCUT2D eigenvalue weighted by Gasteiger charge is -2.31. The Kier molecular flexibility index (Phi) is 13.2. The Morgan fingerprint density at radius 3 is 2.67 bits per heavy atom. The number of hydrogen-bond donors (Lipinski definition) is 2. The van der Waals surface area contributed by atoms with Crippen LogP contribution in [0.4, 0.5) is 13.2 Å². The van der Waals surface area contributed by atoms with E-state index in [1.165, 1.54) is 17.8 Å². The average Bonchev–Trinajstić information content (AvgIpc) is 2.86. The molecule has 2 rings (SSSR count). The van der Waals surface area contributed by atoms with Gasteiger partial charge in [-0.25, -0.2) is 0 Å². The number of allylic oxidation sites excluding steroid dienone is 6. The van der Waals surface area contributed by atoms with Crippen molar-refractivity contribution in [2.45, 2.75) is 46.2 Å². The number of alkyl halides is 3. The zero-order valence-electron chi connectivity index (χ0n) is 21.6. The van der Waals surface area contributed by atoms with E-state index in [1.807, 2.05) is 32.1 Å². The molecular weight excluding hydrogens is 487 g/mol. The summed E-state index contributed by atoms with van der Waals surface area (Å²) in [5, 5.41) is 7.23. The van der Waals surface area contributed by atoms with Crippen LogP contribution >= 0.6 is 11.6 Å². The highest BCUT2D eigenvalue weighted by Crippen LogP contribution is 2.29. The van der Waals surface area contributed by atoms with Crippen LogP contribution in [0.1, 0.15) is 44.7 Å². The van der Waals surface area contributed by atoms with Crippen molar-refractivity contribution in [3.63, 3.8) is 0 Å². The predicted octanol–water partition coefficient (Wildman–Crippen LogP) is 6.42. The fraction of sp³-hybridized carbons (Fsp3) is 0.500. The second-order valence-corrected chi connectivity index (χ2v) is 9.27. The van der Waals surface area contributed by atoms with Crippen molar-refractivity contribution in [2.75, 3.05) is 45.9 Å². The lowest BCUT2D eigenvalue weighted by molar-refractivity contribution is -0.137. The molecule has 36 heavy (non-hydrogen) atoms. The Morgan fingerprint density at radius 1 is 1.22 bits per heavy atom. The second-order valence-electron chi connectivity index (χ2n) is 8.86. The number of halogens is 4. The van der Waals surface area contributed by atoms with Gasteiger partial charge >= 0.3 is 6.18 Å². The Hall–Kier alpha value is -2.22. The summed E-state index contributed by atoms with van der Waals surface area (Å²) in [4.78, 5) is 2.41. The molecule has 1 aromatic carbocycles. The van der Waals surface area contributed by atoms with Gasteiger partial charge in [-0.1, -0.05) is 48.4 Å². The minimum absolute atomic E-state index is 0.442. The third-order valence-electron chi connectivity index (χ3n) is 5.89. The molecule has 1 aromatic rings. The Morgan fingerprint density at radius 2 is 1.97 bits per heavy atom. The van der Waals surface area contributed by atoms with Gasteiger partial charge in [-0.05, 0) is 69.5 Å². The summed E-state index contributed by atoms with van der Waals surface area (Å²) < 4.78 is 44.2. The van der Waals surface area contributed by atoms with Crippen LogP contribution in [0.15, 0.2) is 70.6 Å². The first kappa shape index (κ1) is 30.0. The molecule has 1 aliphatic rings. The minimum Gasteiger partial charge on any atom is -0.493 e. The van der Waals surface area contributed by atoms with E-state index >= 15 is 0 Å². The number of rotatable bonds is 13. The van der Waals surface area contributed by atoms with Crippen LogP contribution in [-0.4, -0.2) is 50.8 Å². The van der Waals surface area contributed by atoms with Crippen LogP contribution < -0.4 is 10.6 Å². The Bertz CT molecular complexity index is 932. The summed E-state index contributed by atoms with van der Waals surface area (Å²) in [5.74, 6) is 0.659. The maximum absolute atomic E-state index is 12.8. The highest BCUT2D eigenvalue weighted by Gasteiger charge is 2.30. The van der Waals surface area contributed by atoms with Gasteiger partial charge in [0.15, 0.2) is 0 Å². The van der Waals surface area contributed by atoms with Crippen molar-refractivity contribution in [3.05, 3.63) is 81.8 Å². The molecule has 1 aliphatic heterocycles. The number of ether oxygens (including phenoxy) is 1. The zero-order valence-corrected chi connectivity index (χ0v) is 22.3. The molecule has 2 N–H and O–H groups in total. The molecule has 0 atom stereocenters. The molecule has 200 valence electrons. The van der Waals surface area contributed by atoms with Crippen LogP contribution in [0.25, 0.3) is 0 Å². The number of nitrogens with one attached hydrogen (secondary N) is 2. The molecule has 1 fully saturated rings. The first-order valence-corrected chi connectivity index (χ1v) is 12.9. The summed E-state index contributed by atoms with van der Waals surface area (Å²) in [7, 11) is 0. The quantitative estimate of drug-likeness (QED) is 0.177. The largest absolute Gasteiger partial charge is 0.493 e. The zero-order chi connectivity index (χ0) is 26.4. The average molecular weight is 526 g/mol. The van der Waals surface area contributed by atoms with E-state index in [4.69, 9.17) is 16.3 Å². The molecule has 0 unspecified atom stereocenters. The van der Waals surface area contributed by atoms with Crippen molar-refractivity contribution in [2.24, 2.45) is 0 Å². The molecule has 0 saturated carbocycles. The van der Waals surface area contributed by atoms with Crippen LogP contribution in [0.5, 0.6) is 0 Å². The molecule has 0 radical (unpaired) electrons. The van der Waals surface area contributed by atoms with Gasteiger partial charge in [-0.3, -0.25) is 0 Å². The molecule has 0 aliphatic carbocycles. The van der Waals surface area contributed by atoms with Gasteiger partial charge in [0.05, 0.1) is 10.6 Å². The highest BCUT2D eigenvalue weighted by molar-refractivity contribution is 6.31. The third kappa shape index (κ3) is 11.2. The topological polar surface area (TPSA) is 36.5 Å². The second kappa shape index (κ2) is 15.8. The van der Waals surface area contributed by atoms with E-state index in [9.17, 15) is 13.2 Å². The Balaban J connectivity index is 1.70. The predicted molar refractivity (Wildman–Crippen MR) is 143 cm³/mol. The molecule has 4 nitrogen and oxygen atoms in total. The monoisotopic (exact) mass is 525 g/mol. The van der Waals surface area contributed by atoms with Crippen molar-refractivity contribution in [1.82, 2.24) is 15.5 Å². The van der Waals surface area contributed by atoms with Gasteiger partial charge in [0.2, 0.25) is 0 Å². The Labute approximate surface area is 218 Å². The SMILES string of the molecule is CC/C(=C\C=C/CO/C(C)=C(Cl)/C=C(\C)CNCCCc1cccc(C(F)(F)F)c1)N1CCNCC1. The number of aryl methyl sites for hydroxylation is 1. The summed E-state index contributed by atoms with van der Waals surface area (Å²) >= 11 is 6.40. The number of benzene rings is 1. The number of hydrogen-bond acceptors (Lipinski definition) is 4. The van der Waals surface area contributed by atoms with Crippen LogP contribution in [-0.2, 0) is 17.3 Å². The fourth-order valence-electron chi connectivity index (χ4n) is 3.85. The number of piperazine rings is 1. The van der Waals surface area contributed by atoms with Gasteiger partial charge in [0.1, 0.15) is 12.4 Å². The van der Waals surface area contributed by atoms with E-state index in [2.05, 4.69) is 28.5 Å². The van der Waals surface area contributed by atoms with Crippen molar-refractivity contribution < 1.29 is 17.9 Å². The molecule has 0 spiro atoms. The molecule has 1 heterocycles. The molecule has 8 heteroatoms. The minimum atomic E-state index is -4.30. The van der Waals surface area contributed by atoms with Crippen molar-refractivity contribution in [3.8, 4) is 0 Å². The van der Waals surface area contributed by atoms with Crippen molar-refractivity contribution in [1.29, 1.82) is 0 Å². The maximum atomic E-state index is 12.8. The standard InChI is InChI=1S/C28H39ClF3N3O/c1-4-26(35-16-14-33-15-17-35)12-5-6-18-36-23(3)27(29)19-22(2)21-34-13-8-10-24-9-7-11-25(20-24)28(30,31)32/h5-7,9,11-12,19-20,33-34H,4,8,10,13-18,21H2,1-3H3/b6-5-,22-19+,26-12+,27-23-. The summed E-state index contributed by atoms with van der Waals surface area (Å²) in [6.45, 7) is 11.9. The lowest BCUT2D eigenvalue weighted by Crippen LogP contribution is -2.42. The molecular formula is C28H39ClF3N3O. The van der Waals surface area contributed by atoms with Gasteiger partial charge in [-0.2, -0.15) is 13.2 Å². The van der Waals surface area contributed by atoms with E-state index in [1.54, 1.807) is 6.07 Å². The molecule has 0 amide bonds. The summed E-state index contributed by atoms with van der Waals surface area (Å²) in [6.07, 6.45) is 6.07. The summed E-state index contributed by atoms with van der Waals surface area (Å²) in [5.41, 5.74) is 2.47. The smallest absolute Gasteiger partial charge is 0.416 e. The first-order chi connectivity index (χ1) is 17.2. The summed E-state index contributed by atoms with van der Waals surface area (Å²) in [6, 6.07) is 5.51. The lowest BCUT2D eigenvalue weighted by atomic mass is 10.1. The van der Waals surface area contributed by atoms with Crippen LogP contribution in [0.2, 0.25) is 0 Å². The molecule has 0 aromatic heterocycles. The van der Waals surface area contributed by atoms with E-state index < -0.39 is 11.7 Å². The fourth-order valence-corrected chi connectivity index (χ4v) is 4.09. The highest BCUT2D eigenvalue weighted by atomic mass is 35.5. The van der Waals surface area contributed by atoms with Gasteiger partial charge < -0.3 is 20.3 Å². The number of nitrogens with zero attached hydrogens (tertiary/aromatic N) is 1. The van der Waals surface area contributed by atoms with Crippen LogP contribution in [0, 0.1) is 0 Å². The molecule has 1 saturated heterocycles. The maximum Gasteiger partial charge on any atom is 0.416 e. The van der Waals surface area contributed by atoms with E-state index in [0.717, 1.165) is 50.7 Å². The van der Waals surface area contributed by atoms with Crippen LogP contribution in [0.3, 0.4) is 0 Å². The van der Waals surface area contributed by atoms with Gasteiger partial charge in [0, 0.05) is 38.4 Å². The van der Waals surface area contributed by atoms with Crippen molar-refractivity contribution >= 4 is 11.6 Å². The van der Waals surface area contributed by atoms with Gasteiger partial charge in [0.25, 0.3) is 0 Å².